The van der Waals surface area contributed by atoms with Crippen LogP contribution in [0, 0.1) is 5.92 Å². The molecule has 0 aromatic carbocycles. The predicted molar refractivity (Wildman–Crippen MR) is 61.8 cm³/mol. The van der Waals surface area contributed by atoms with Crippen molar-refractivity contribution in [1.29, 1.82) is 0 Å². The van der Waals surface area contributed by atoms with Crippen molar-refractivity contribution in [3.8, 4) is 0 Å². The first-order chi connectivity index (χ1) is 7.53. The number of hydrazine groups is 1. The number of nitrogens with one attached hydrogen (secondary N) is 2. The van der Waals surface area contributed by atoms with E-state index in [0.717, 1.165) is 32.0 Å². The van der Waals surface area contributed by atoms with Gasteiger partial charge in [0.1, 0.15) is 6.29 Å². The van der Waals surface area contributed by atoms with Crippen molar-refractivity contribution < 1.29 is 9.59 Å². The number of rotatable bonds is 3. The van der Waals surface area contributed by atoms with Crippen LogP contribution < -0.4 is 10.7 Å². The molecule has 0 aliphatic heterocycles. The van der Waals surface area contributed by atoms with Gasteiger partial charge < -0.3 is 10.1 Å². The Hall–Kier alpha value is -1.10. The van der Waals surface area contributed by atoms with Crippen LogP contribution in [0.3, 0.4) is 0 Å². The van der Waals surface area contributed by atoms with Gasteiger partial charge in [-0.25, -0.2) is 10.2 Å². The number of nitrogens with zero attached hydrogens (tertiary/aromatic N) is 1. The number of aldehydes is 1. The van der Waals surface area contributed by atoms with Gasteiger partial charge in [0.2, 0.25) is 0 Å². The van der Waals surface area contributed by atoms with Gasteiger partial charge in [0.25, 0.3) is 0 Å². The summed E-state index contributed by atoms with van der Waals surface area (Å²) in [5.74, 6) is 0.645. The summed E-state index contributed by atoms with van der Waals surface area (Å²) in [6.07, 6.45) is 4.34. The van der Waals surface area contributed by atoms with E-state index in [1.807, 2.05) is 0 Å². The van der Waals surface area contributed by atoms with Gasteiger partial charge in [-0.05, 0) is 31.6 Å². The largest absolute Gasteiger partial charge is 0.332 e. The average Bonchev–Trinajstić information content (AvgIpc) is 2.31. The molecule has 0 heterocycles. The SMILES string of the molecule is CNN(C)C(=O)NC1(C=O)CCC(C)CC1. The molecule has 0 spiro atoms. The van der Waals surface area contributed by atoms with Gasteiger partial charge in [-0.1, -0.05) is 6.92 Å². The molecule has 1 saturated carbocycles. The Morgan fingerprint density at radius 1 is 1.44 bits per heavy atom. The van der Waals surface area contributed by atoms with Crippen molar-refractivity contribution in [2.75, 3.05) is 14.1 Å². The second-order valence-electron chi connectivity index (χ2n) is 4.67. The second-order valence-corrected chi connectivity index (χ2v) is 4.67. The predicted octanol–water partition coefficient (Wildman–Crippen LogP) is 0.910. The molecule has 1 aliphatic carbocycles. The Balaban J connectivity index is 2.60. The highest BCUT2D eigenvalue weighted by atomic mass is 16.2. The second kappa shape index (κ2) is 5.30. The lowest BCUT2D eigenvalue weighted by Gasteiger charge is -2.36. The molecule has 0 atom stereocenters. The minimum atomic E-state index is -0.658. The first kappa shape index (κ1) is 13.0. The summed E-state index contributed by atoms with van der Waals surface area (Å²) in [6, 6.07) is -0.260. The first-order valence-corrected chi connectivity index (χ1v) is 5.72. The van der Waals surface area contributed by atoms with E-state index in [-0.39, 0.29) is 6.03 Å². The van der Waals surface area contributed by atoms with Crippen LogP contribution in [0.1, 0.15) is 32.6 Å². The molecule has 2 N–H and O–H groups in total. The van der Waals surface area contributed by atoms with Crippen LogP contribution in [-0.2, 0) is 4.79 Å². The van der Waals surface area contributed by atoms with Crippen LogP contribution in [0.2, 0.25) is 0 Å². The van der Waals surface area contributed by atoms with E-state index in [2.05, 4.69) is 17.7 Å². The van der Waals surface area contributed by atoms with Gasteiger partial charge in [-0.3, -0.25) is 5.01 Å². The summed E-state index contributed by atoms with van der Waals surface area (Å²) in [4.78, 5) is 22.9. The molecule has 0 aromatic rings. The summed E-state index contributed by atoms with van der Waals surface area (Å²) >= 11 is 0. The molecule has 0 bridgehead atoms. The smallest absolute Gasteiger partial charge is 0.325 e. The molecule has 16 heavy (non-hydrogen) atoms. The molecule has 5 heteroatoms. The van der Waals surface area contributed by atoms with E-state index in [4.69, 9.17) is 0 Å². The Labute approximate surface area is 96.5 Å². The number of amides is 2. The monoisotopic (exact) mass is 227 g/mol. The highest BCUT2D eigenvalue weighted by molar-refractivity contribution is 5.80. The maximum Gasteiger partial charge on any atom is 0.332 e. The van der Waals surface area contributed by atoms with Crippen molar-refractivity contribution in [1.82, 2.24) is 15.8 Å². The van der Waals surface area contributed by atoms with E-state index in [1.165, 1.54) is 5.01 Å². The highest BCUT2D eigenvalue weighted by Gasteiger charge is 2.35. The van der Waals surface area contributed by atoms with E-state index in [0.29, 0.717) is 5.92 Å². The lowest BCUT2D eigenvalue weighted by atomic mass is 9.78. The zero-order valence-electron chi connectivity index (χ0n) is 10.2. The third-order valence-electron chi connectivity index (χ3n) is 3.39. The Morgan fingerprint density at radius 3 is 2.44 bits per heavy atom. The quantitative estimate of drug-likeness (QED) is 0.556. The fraction of sp³-hybridized carbons (Fsp3) is 0.818. The standard InChI is InChI=1S/C11H21N3O2/c1-9-4-6-11(8-15,7-5-9)13-10(16)14(3)12-2/h8-9,12H,4-7H2,1-3H3,(H,13,16). The molecule has 0 saturated heterocycles. The number of carbonyl (C=O) groups excluding carboxylic acids is 2. The highest BCUT2D eigenvalue weighted by Crippen LogP contribution is 2.30. The Morgan fingerprint density at radius 2 is 2.00 bits per heavy atom. The minimum Gasteiger partial charge on any atom is -0.325 e. The van der Waals surface area contributed by atoms with Gasteiger partial charge >= 0.3 is 6.03 Å². The molecule has 1 rings (SSSR count). The van der Waals surface area contributed by atoms with Crippen molar-refractivity contribution in [2.24, 2.45) is 5.92 Å². The van der Waals surface area contributed by atoms with E-state index < -0.39 is 5.54 Å². The minimum absolute atomic E-state index is 0.260. The van der Waals surface area contributed by atoms with Crippen LogP contribution in [-0.4, -0.2) is 37.0 Å². The normalized spacial score (nSPS) is 29.6. The van der Waals surface area contributed by atoms with E-state index in [9.17, 15) is 9.59 Å². The summed E-state index contributed by atoms with van der Waals surface area (Å²) in [5.41, 5.74) is 2.05. The first-order valence-electron chi connectivity index (χ1n) is 5.72. The topological polar surface area (TPSA) is 61.4 Å². The van der Waals surface area contributed by atoms with Crippen LogP contribution in [0.4, 0.5) is 4.79 Å². The molecule has 0 unspecified atom stereocenters. The lowest BCUT2D eigenvalue weighted by molar-refractivity contribution is -0.114. The van der Waals surface area contributed by atoms with Gasteiger partial charge in [-0.2, -0.15) is 0 Å². The third kappa shape index (κ3) is 2.95. The number of hydrogen-bond donors (Lipinski definition) is 2. The van der Waals surface area contributed by atoms with E-state index in [1.54, 1.807) is 14.1 Å². The van der Waals surface area contributed by atoms with Crippen molar-refractivity contribution >= 4 is 12.3 Å². The zero-order chi connectivity index (χ0) is 12.2. The molecular formula is C11H21N3O2. The summed E-state index contributed by atoms with van der Waals surface area (Å²) in [7, 11) is 3.29. The van der Waals surface area contributed by atoms with Gasteiger partial charge in [0, 0.05) is 14.1 Å². The third-order valence-corrected chi connectivity index (χ3v) is 3.39. The molecule has 1 fully saturated rings. The Bertz CT molecular complexity index is 260. The molecule has 0 radical (unpaired) electrons. The zero-order valence-corrected chi connectivity index (χ0v) is 10.2. The molecule has 5 nitrogen and oxygen atoms in total. The summed E-state index contributed by atoms with van der Waals surface area (Å²) < 4.78 is 0. The van der Waals surface area contributed by atoms with Crippen molar-refractivity contribution in [3.05, 3.63) is 0 Å². The van der Waals surface area contributed by atoms with E-state index >= 15 is 0 Å². The van der Waals surface area contributed by atoms with Gasteiger partial charge in [0.15, 0.2) is 0 Å². The van der Waals surface area contributed by atoms with Gasteiger partial charge in [-0.15, -0.1) is 0 Å². The number of carbonyl (C=O) groups is 2. The van der Waals surface area contributed by atoms with Crippen molar-refractivity contribution in [3.63, 3.8) is 0 Å². The summed E-state index contributed by atoms with van der Waals surface area (Å²) in [6.45, 7) is 2.18. The van der Waals surface area contributed by atoms with Gasteiger partial charge in [0.05, 0.1) is 5.54 Å². The van der Waals surface area contributed by atoms with Crippen LogP contribution >= 0.6 is 0 Å². The molecule has 1 aliphatic rings. The lowest BCUT2D eigenvalue weighted by Crippen LogP contribution is -2.57. The van der Waals surface area contributed by atoms with Crippen LogP contribution in [0.5, 0.6) is 0 Å². The maximum absolute atomic E-state index is 11.7. The molecule has 0 aromatic heterocycles. The number of hydrogen-bond acceptors (Lipinski definition) is 3. The van der Waals surface area contributed by atoms with Crippen molar-refractivity contribution in [2.45, 2.75) is 38.1 Å². The fourth-order valence-corrected chi connectivity index (χ4v) is 1.95. The fourth-order valence-electron chi connectivity index (χ4n) is 1.95. The molecular weight excluding hydrogens is 206 g/mol. The Kier molecular flexibility index (Phi) is 4.29. The molecule has 2 amide bonds. The summed E-state index contributed by atoms with van der Waals surface area (Å²) in [5, 5.41) is 4.15. The maximum atomic E-state index is 11.7. The average molecular weight is 227 g/mol. The van der Waals surface area contributed by atoms with Crippen LogP contribution in [0.25, 0.3) is 0 Å². The number of urea groups is 1. The molecule has 92 valence electrons. The van der Waals surface area contributed by atoms with Crippen LogP contribution in [0.15, 0.2) is 0 Å².